The highest BCUT2D eigenvalue weighted by Crippen LogP contribution is 2.11. The standard InChI is InChI=1S/C14H18N2/c1-12(2)9-13-5-3-6-14(10-13)11-16-8-4-7-15-16/h3-8,10,12H,9,11H2,1-2H3. The summed E-state index contributed by atoms with van der Waals surface area (Å²) in [5.41, 5.74) is 2.74. The average Bonchev–Trinajstić information content (AvgIpc) is 2.70. The molecule has 0 bridgehead atoms. The average molecular weight is 214 g/mol. The molecular formula is C14H18N2. The number of hydrogen-bond acceptors (Lipinski definition) is 1. The first-order valence-electron chi connectivity index (χ1n) is 5.79. The quantitative estimate of drug-likeness (QED) is 0.764. The number of hydrogen-bond donors (Lipinski definition) is 0. The Labute approximate surface area is 96.9 Å². The Kier molecular flexibility index (Phi) is 3.40. The summed E-state index contributed by atoms with van der Waals surface area (Å²) in [6, 6.07) is 10.7. The third-order valence-corrected chi connectivity index (χ3v) is 2.54. The van der Waals surface area contributed by atoms with E-state index in [9.17, 15) is 0 Å². The Bertz CT molecular complexity index is 430. The lowest BCUT2D eigenvalue weighted by Crippen LogP contribution is -2.01. The third-order valence-electron chi connectivity index (χ3n) is 2.54. The first-order chi connectivity index (χ1) is 7.74. The molecule has 1 aromatic carbocycles. The number of benzene rings is 1. The molecule has 0 radical (unpaired) electrons. The first-order valence-corrected chi connectivity index (χ1v) is 5.79. The Morgan fingerprint density at radius 2 is 2.00 bits per heavy atom. The van der Waals surface area contributed by atoms with E-state index in [0.717, 1.165) is 13.0 Å². The highest BCUT2D eigenvalue weighted by atomic mass is 15.3. The lowest BCUT2D eigenvalue weighted by molar-refractivity contribution is 0.644. The number of aromatic nitrogens is 2. The fraction of sp³-hybridized carbons (Fsp3) is 0.357. The zero-order valence-corrected chi connectivity index (χ0v) is 9.93. The van der Waals surface area contributed by atoms with Gasteiger partial charge in [0.1, 0.15) is 0 Å². The lowest BCUT2D eigenvalue weighted by atomic mass is 10.0. The van der Waals surface area contributed by atoms with Gasteiger partial charge in [0.2, 0.25) is 0 Å². The molecule has 0 aliphatic rings. The predicted molar refractivity (Wildman–Crippen MR) is 66.3 cm³/mol. The van der Waals surface area contributed by atoms with Gasteiger partial charge in [-0.25, -0.2) is 0 Å². The van der Waals surface area contributed by atoms with E-state index in [-0.39, 0.29) is 0 Å². The van der Waals surface area contributed by atoms with E-state index in [0.29, 0.717) is 5.92 Å². The van der Waals surface area contributed by atoms with Crippen LogP contribution in [0.15, 0.2) is 42.7 Å². The van der Waals surface area contributed by atoms with Gasteiger partial charge in [-0.3, -0.25) is 4.68 Å². The van der Waals surface area contributed by atoms with E-state index in [1.54, 1.807) is 0 Å². The topological polar surface area (TPSA) is 17.8 Å². The number of rotatable bonds is 4. The summed E-state index contributed by atoms with van der Waals surface area (Å²) in [6.07, 6.45) is 4.96. The molecule has 2 aromatic rings. The molecule has 0 unspecified atom stereocenters. The third kappa shape index (κ3) is 2.96. The second kappa shape index (κ2) is 4.97. The SMILES string of the molecule is CC(C)Cc1cccc(Cn2cccn2)c1. The molecule has 0 saturated heterocycles. The van der Waals surface area contributed by atoms with Gasteiger partial charge in [0, 0.05) is 12.4 Å². The van der Waals surface area contributed by atoms with Crippen molar-refractivity contribution in [2.75, 3.05) is 0 Å². The van der Waals surface area contributed by atoms with Gasteiger partial charge in [0.15, 0.2) is 0 Å². The van der Waals surface area contributed by atoms with Crippen molar-refractivity contribution in [1.82, 2.24) is 9.78 Å². The van der Waals surface area contributed by atoms with Crippen molar-refractivity contribution in [3.05, 3.63) is 53.9 Å². The van der Waals surface area contributed by atoms with Crippen LogP contribution >= 0.6 is 0 Å². The molecule has 0 N–H and O–H groups in total. The molecule has 2 heteroatoms. The second-order valence-corrected chi connectivity index (χ2v) is 4.62. The van der Waals surface area contributed by atoms with Crippen molar-refractivity contribution in [1.29, 1.82) is 0 Å². The molecule has 0 fully saturated rings. The summed E-state index contributed by atoms with van der Waals surface area (Å²) in [7, 11) is 0. The van der Waals surface area contributed by atoms with Gasteiger partial charge in [-0.15, -0.1) is 0 Å². The molecule has 0 atom stereocenters. The normalized spacial score (nSPS) is 10.9. The van der Waals surface area contributed by atoms with E-state index >= 15 is 0 Å². The summed E-state index contributed by atoms with van der Waals surface area (Å²) >= 11 is 0. The van der Waals surface area contributed by atoms with Gasteiger partial charge >= 0.3 is 0 Å². The Hall–Kier alpha value is -1.57. The van der Waals surface area contributed by atoms with Gasteiger partial charge in [0.05, 0.1) is 6.54 Å². The summed E-state index contributed by atoms with van der Waals surface area (Å²) in [5.74, 6) is 0.708. The van der Waals surface area contributed by atoms with Crippen LogP contribution in [0.4, 0.5) is 0 Å². The van der Waals surface area contributed by atoms with Crippen LogP contribution in [-0.4, -0.2) is 9.78 Å². The van der Waals surface area contributed by atoms with Gasteiger partial charge in [-0.2, -0.15) is 5.10 Å². The van der Waals surface area contributed by atoms with Crippen LogP contribution in [0.1, 0.15) is 25.0 Å². The maximum Gasteiger partial charge on any atom is 0.0659 e. The fourth-order valence-electron chi connectivity index (χ4n) is 1.91. The van der Waals surface area contributed by atoms with Crippen molar-refractivity contribution >= 4 is 0 Å². The maximum absolute atomic E-state index is 4.22. The lowest BCUT2D eigenvalue weighted by Gasteiger charge is -2.07. The Balaban J connectivity index is 2.10. The smallest absolute Gasteiger partial charge is 0.0659 e. The zero-order valence-electron chi connectivity index (χ0n) is 9.93. The summed E-state index contributed by atoms with van der Waals surface area (Å²) < 4.78 is 1.95. The minimum atomic E-state index is 0.708. The minimum absolute atomic E-state index is 0.708. The van der Waals surface area contributed by atoms with Crippen LogP contribution in [0.2, 0.25) is 0 Å². The van der Waals surface area contributed by atoms with Crippen LogP contribution in [0, 0.1) is 5.92 Å². The highest BCUT2D eigenvalue weighted by Gasteiger charge is 2.00. The molecule has 0 spiro atoms. The largest absolute Gasteiger partial charge is 0.268 e. The molecular weight excluding hydrogens is 196 g/mol. The zero-order chi connectivity index (χ0) is 11.4. The maximum atomic E-state index is 4.22. The second-order valence-electron chi connectivity index (χ2n) is 4.62. The highest BCUT2D eigenvalue weighted by molar-refractivity contribution is 5.24. The monoisotopic (exact) mass is 214 g/mol. The Morgan fingerprint density at radius 3 is 2.69 bits per heavy atom. The van der Waals surface area contributed by atoms with Crippen LogP contribution in [-0.2, 0) is 13.0 Å². The molecule has 0 aliphatic carbocycles. The molecule has 0 aliphatic heterocycles. The van der Waals surface area contributed by atoms with Gasteiger partial charge < -0.3 is 0 Å². The molecule has 16 heavy (non-hydrogen) atoms. The molecule has 0 amide bonds. The fourth-order valence-corrected chi connectivity index (χ4v) is 1.91. The molecule has 2 nitrogen and oxygen atoms in total. The van der Waals surface area contributed by atoms with Crippen molar-refractivity contribution in [3.63, 3.8) is 0 Å². The Morgan fingerprint density at radius 1 is 1.19 bits per heavy atom. The van der Waals surface area contributed by atoms with Crippen LogP contribution in [0.25, 0.3) is 0 Å². The summed E-state index contributed by atoms with van der Waals surface area (Å²) in [4.78, 5) is 0. The van der Waals surface area contributed by atoms with Gasteiger partial charge in [-0.05, 0) is 29.5 Å². The van der Waals surface area contributed by atoms with E-state index in [1.165, 1.54) is 11.1 Å². The van der Waals surface area contributed by atoms with Crippen molar-refractivity contribution in [2.45, 2.75) is 26.8 Å². The van der Waals surface area contributed by atoms with E-state index in [1.807, 2.05) is 23.1 Å². The van der Waals surface area contributed by atoms with E-state index in [2.05, 4.69) is 43.2 Å². The summed E-state index contributed by atoms with van der Waals surface area (Å²) in [5, 5.41) is 4.22. The minimum Gasteiger partial charge on any atom is -0.268 e. The van der Waals surface area contributed by atoms with Crippen LogP contribution in [0.3, 0.4) is 0 Å². The van der Waals surface area contributed by atoms with Crippen LogP contribution in [0.5, 0.6) is 0 Å². The predicted octanol–water partition coefficient (Wildman–Crippen LogP) is 3.13. The molecule has 1 aromatic heterocycles. The van der Waals surface area contributed by atoms with E-state index in [4.69, 9.17) is 0 Å². The molecule has 84 valence electrons. The van der Waals surface area contributed by atoms with Crippen molar-refractivity contribution < 1.29 is 0 Å². The summed E-state index contributed by atoms with van der Waals surface area (Å²) in [6.45, 7) is 5.36. The molecule has 1 heterocycles. The first kappa shape index (κ1) is 10.9. The van der Waals surface area contributed by atoms with Crippen molar-refractivity contribution in [3.8, 4) is 0 Å². The van der Waals surface area contributed by atoms with Gasteiger partial charge in [0.25, 0.3) is 0 Å². The van der Waals surface area contributed by atoms with Crippen LogP contribution < -0.4 is 0 Å². The van der Waals surface area contributed by atoms with E-state index < -0.39 is 0 Å². The number of nitrogens with zero attached hydrogens (tertiary/aromatic N) is 2. The molecule has 2 rings (SSSR count). The molecule has 0 saturated carbocycles. The van der Waals surface area contributed by atoms with Crippen molar-refractivity contribution in [2.24, 2.45) is 5.92 Å². The van der Waals surface area contributed by atoms with Gasteiger partial charge in [-0.1, -0.05) is 38.1 Å².